The van der Waals surface area contributed by atoms with Gasteiger partial charge in [-0.3, -0.25) is 4.79 Å². The van der Waals surface area contributed by atoms with Gasteiger partial charge in [0.05, 0.1) is 5.41 Å². The number of nitrogens with zero attached hydrogens (tertiary/aromatic N) is 2. The van der Waals surface area contributed by atoms with Gasteiger partial charge in [0, 0.05) is 31.5 Å². The molecule has 0 spiro atoms. The number of sulfonamides is 1. The van der Waals surface area contributed by atoms with Gasteiger partial charge in [0.25, 0.3) is 0 Å². The van der Waals surface area contributed by atoms with Crippen molar-refractivity contribution < 1.29 is 22.7 Å². The third-order valence-corrected chi connectivity index (χ3v) is 10.2. The van der Waals surface area contributed by atoms with E-state index in [1.165, 1.54) is 4.31 Å². The minimum absolute atomic E-state index is 0.163. The van der Waals surface area contributed by atoms with Gasteiger partial charge in [-0.05, 0) is 80.3 Å². The Labute approximate surface area is 267 Å². The van der Waals surface area contributed by atoms with Crippen molar-refractivity contribution in [2.75, 3.05) is 19.7 Å². The molecule has 1 aliphatic rings. The predicted octanol–water partition coefficient (Wildman–Crippen LogP) is 5.60. The minimum atomic E-state index is -3.79. The Bertz CT molecular complexity index is 1590. The Balaban J connectivity index is 1.64. The van der Waals surface area contributed by atoms with Crippen LogP contribution in [0.5, 0.6) is 5.75 Å². The van der Waals surface area contributed by atoms with E-state index in [2.05, 4.69) is 0 Å². The average molecular weight is 635 g/mol. The maximum Gasteiger partial charge on any atom is 0.312 e. The van der Waals surface area contributed by atoms with Crippen molar-refractivity contribution in [3.63, 3.8) is 0 Å². The van der Waals surface area contributed by atoms with E-state index in [1.807, 2.05) is 76.2 Å². The second-order valence-corrected chi connectivity index (χ2v) is 14.0. The summed E-state index contributed by atoms with van der Waals surface area (Å²) in [5, 5.41) is 1.58. The van der Waals surface area contributed by atoms with Crippen LogP contribution in [0.3, 0.4) is 0 Å². The maximum atomic E-state index is 13.7. The second kappa shape index (κ2) is 14.9. The normalized spacial score (nSPS) is 15.8. The van der Waals surface area contributed by atoms with Crippen LogP contribution in [-0.4, -0.2) is 43.4 Å². The Hall–Kier alpha value is -3.86. The molecule has 4 N–H and O–H groups in total. The van der Waals surface area contributed by atoms with Gasteiger partial charge >= 0.3 is 5.97 Å². The van der Waals surface area contributed by atoms with Crippen LogP contribution >= 0.6 is 0 Å². The number of para-hydroxylation sites is 1. The second-order valence-electron chi connectivity index (χ2n) is 12.1. The molecular weight excluding hydrogens is 588 g/mol. The van der Waals surface area contributed by atoms with Crippen LogP contribution in [0.25, 0.3) is 0 Å². The van der Waals surface area contributed by atoms with E-state index in [1.54, 1.807) is 35.5 Å². The average Bonchev–Trinajstić information content (AvgIpc) is 3.13. The smallest absolute Gasteiger partial charge is 0.312 e. The zero-order valence-corrected chi connectivity index (χ0v) is 27.6. The lowest BCUT2D eigenvalue weighted by Crippen LogP contribution is -2.34. The van der Waals surface area contributed by atoms with Gasteiger partial charge in [-0.1, -0.05) is 67.6 Å². The molecule has 242 valence electrons. The Morgan fingerprint density at radius 3 is 2.56 bits per heavy atom. The molecule has 0 unspecified atom stereocenters. The molecule has 4 rings (SSSR count). The lowest BCUT2D eigenvalue weighted by molar-refractivity contribution is -0.156. The van der Waals surface area contributed by atoms with Crippen LogP contribution in [-0.2, 0) is 32.7 Å². The van der Waals surface area contributed by atoms with Gasteiger partial charge in [0.1, 0.15) is 23.9 Å². The van der Waals surface area contributed by atoms with Crippen LogP contribution in [0, 0.1) is 12.3 Å². The van der Waals surface area contributed by atoms with Crippen LogP contribution < -0.4 is 16.3 Å². The zero-order chi connectivity index (χ0) is 32.6. The largest absolute Gasteiger partial charge is 0.491 e. The number of esters is 1. The number of hydrazine groups is 1. The van der Waals surface area contributed by atoms with Crippen molar-refractivity contribution in [1.29, 1.82) is 0 Å². The first-order chi connectivity index (χ1) is 21.4. The summed E-state index contributed by atoms with van der Waals surface area (Å²) >= 11 is 0. The van der Waals surface area contributed by atoms with Crippen LogP contribution in [0.4, 0.5) is 0 Å². The molecule has 0 saturated heterocycles. The summed E-state index contributed by atoms with van der Waals surface area (Å²) in [6.07, 6.45) is 3.70. The number of hydrogen-bond donors (Lipinski definition) is 2. The summed E-state index contributed by atoms with van der Waals surface area (Å²) in [4.78, 5) is 13.8. The van der Waals surface area contributed by atoms with Crippen molar-refractivity contribution in [2.24, 2.45) is 17.0 Å². The molecule has 45 heavy (non-hydrogen) atoms. The number of allylic oxidation sites excluding steroid dienone is 1. The van der Waals surface area contributed by atoms with Crippen molar-refractivity contribution in [1.82, 2.24) is 9.31 Å². The number of fused-ring (bicyclic) bond motifs is 1. The third-order valence-electron chi connectivity index (χ3n) is 8.33. The first kappa shape index (κ1) is 34.0. The van der Waals surface area contributed by atoms with E-state index < -0.39 is 15.4 Å². The fraction of sp³-hybridized carbons (Fsp3) is 0.400. The van der Waals surface area contributed by atoms with Gasteiger partial charge in [-0.15, -0.1) is 0 Å². The molecule has 3 aromatic carbocycles. The summed E-state index contributed by atoms with van der Waals surface area (Å²) in [5.74, 6) is 5.82. The topological polar surface area (TPSA) is 128 Å². The van der Waals surface area contributed by atoms with Gasteiger partial charge in [0.15, 0.2) is 0 Å². The fourth-order valence-electron chi connectivity index (χ4n) is 5.64. The highest BCUT2D eigenvalue weighted by Crippen LogP contribution is 2.42. The molecule has 1 aliphatic heterocycles. The fourth-order valence-corrected chi connectivity index (χ4v) is 7.17. The number of carbonyl (C=O) groups is 1. The molecule has 9 nitrogen and oxygen atoms in total. The Morgan fingerprint density at radius 2 is 1.82 bits per heavy atom. The highest BCUT2D eigenvalue weighted by atomic mass is 32.2. The molecule has 0 amide bonds. The molecule has 0 radical (unpaired) electrons. The molecule has 0 aliphatic carbocycles. The number of carbonyl (C=O) groups excluding carboxylic acids is 1. The quantitative estimate of drug-likeness (QED) is 0.141. The molecule has 0 bridgehead atoms. The molecule has 3 aromatic rings. The third kappa shape index (κ3) is 8.45. The van der Waals surface area contributed by atoms with E-state index >= 15 is 0 Å². The minimum Gasteiger partial charge on any atom is -0.491 e. The van der Waals surface area contributed by atoms with Gasteiger partial charge < -0.3 is 20.2 Å². The first-order valence-corrected chi connectivity index (χ1v) is 16.9. The number of rotatable bonds is 13. The molecular formula is C35H46N4O5S. The number of hydrogen-bond acceptors (Lipinski definition) is 8. The monoisotopic (exact) mass is 634 g/mol. The van der Waals surface area contributed by atoms with E-state index in [-0.39, 0.29) is 43.1 Å². The molecule has 0 saturated carbocycles. The van der Waals surface area contributed by atoms with E-state index in [4.69, 9.17) is 21.1 Å². The highest BCUT2D eigenvalue weighted by Gasteiger charge is 2.39. The van der Waals surface area contributed by atoms with Crippen molar-refractivity contribution >= 4 is 16.0 Å². The molecule has 0 fully saturated rings. The van der Waals surface area contributed by atoms with Crippen molar-refractivity contribution in [3.05, 3.63) is 107 Å². The molecule has 0 aromatic heterocycles. The summed E-state index contributed by atoms with van der Waals surface area (Å²) in [5.41, 5.74) is 9.70. The van der Waals surface area contributed by atoms with Gasteiger partial charge in [0.2, 0.25) is 10.0 Å². The highest BCUT2D eigenvalue weighted by molar-refractivity contribution is 7.89. The predicted molar refractivity (Wildman–Crippen MR) is 176 cm³/mol. The Kier molecular flexibility index (Phi) is 11.3. The summed E-state index contributed by atoms with van der Waals surface area (Å²) < 4.78 is 40.4. The zero-order valence-electron chi connectivity index (χ0n) is 26.7. The van der Waals surface area contributed by atoms with Crippen molar-refractivity contribution in [2.45, 2.75) is 70.9 Å². The number of nitrogens with two attached hydrogens (primary N) is 2. The number of benzene rings is 3. The number of aryl methyl sites for hydroxylation is 1. The molecule has 10 heteroatoms. The molecule has 1 heterocycles. The summed E-state index contributed by atoms with van der Waals surface area (Å²) in [7, 11) is -3.79. The van der Waals surface area contributed by atoms with Crippen LogP contribution in [0.15, 0.2) is 89.6 Å². The lowest BCUT2D eigenvalue weighted by Gasteiger charge is -2.33. The van der Waals surface area contributed by atoms with Crippen LogP contribution in [0.1, 0.15) is 68.2 Å². The molecule has 1 atom stereocenters. The Morgan fingerprint density at radius 1 is 1.11 bits per heavy atom. The van der Waals surface area contributed by atoms with Gasteiger partial charge in [-0.2, -0.15) is 4.31 Å². The van der Waals surface area contributed by atoms with E-state index in [0.717, 1.165) is 28.7 Å². The first-order valence-electron chi connectivity index (χ1n) is 15.4. The van der Waals surface area contributed by atoms with Crippen LogP contribution in [0.2, 0.25) is 0 Å². The lowest BCUT2D eigenvalue weighted by atomic mass is 9.72. The van der Waals surface area contributed by atoms with Gasteiger partial charge in [-0.25, -0.2) is 14.3 Å². The number of ether oxygens (including phenoxy) is 2. The SMILES string of the molecule is CCCN(N)/C=C(\N)CC[C@@H](c1ccc(C)c(CN2CCOc3ccccc3S2(=O)=O)c1)C(C)(C)C(=O)OCc1ccccc1. The van der Waals surface area contributed by atoms with Crippen molar-refractivity contribution in [3.8, 4) is 5.75 Å². The maximum absolute atomic E-state index is 13.7. The standard InChI is InChI=1S/C35H46N4O5S/c1-5-19-38(37)24-30(36)17-18-31(35(3,4)34(40)44-25-27-11-7-6-8-12-27)28-16-15-26(2)29(22-28)23-39-20-21-43-32-13-9-10-14-33(32)45(39,41)42/h6-16,22,24,31H,5,17-21,23,25,36-37H2,1-4H3/b30-24-/t31-/m0/s1. The summed E-state index contributed by atoms with van der Waals surface area (Å²) in [6, 6.07) is 22.3. The summed E-state index contributed by atoms with van der Waals surface area (Å²) in [6.45, 7) is 9.29. The van der Waals surface area contributed by atoms with E-state index in [0.29, 0.717) is 30.8 Å². The van der Waals surface area contributed by atoms with E-state index in [9.17, 15) is 13.2 Å².